The van der Waals surface area contributed by atoms with E-state index >= 15 is 0 Å². The first-order valence-electron chi connectivity index (χ1n) is 6.18. The van der Waals surface area contributed by atoms with Crippen molar-refractivity contribution in [1.82, 2.24) is 14.8 Å². The topological polar surface area (TPSA) is 39.9 Å². The average Bonchev–Trinajstić information content (AvgIpc) is 2.86. The highest BCUT2D eigenvalue weighted by atomic mass is 35.5. The minimum absolute atomic E-state index is 0.339. The first kappa shape index (κ1) is 15.5. The molecule has 0 aliphatic carbocycles. The number of ether oxygens (including phenoxy) is 1. The monoisotopic (exact) mass is 331 g/mol. The fraction of sp³-hybridized carbons (Fsp3) is 0.385. The maximum Gasteiger partial charge on any atom is 0.191 e. The highest BCUT2D eigenvalue weighted by Gasteiger charge is 2.09. The number of thioether (sulfide) groups is 1. The van der Waals surface area contributed by atoms with Gasteiger partial charge < -0.3 is 9.30 Å². The molecule has 0 bridgehead atoms. The van der Waals surface area contributed by atoms with Crippen LogP contribution in [0.5, 0.6) is 5.75 Å². The van der Waals surface area contributed by atoms with Gasteiger partial charge in [-0.05, 0) is 26.0 Å². The average molecular weight is 332 g/mol. The van der Waals surface area contributed by atoms with E-state index < -0.39 is 0 Å². The second-order valence-corrected chi connectivity index (χ2v) is 6.24. The van der Waals surface area contributed by atoms with Gasteiger partial charge in [0.2, 0.25) is 0 Å². The zero-order valence-electron chi connectivity index (χ0n) is 11.2. The molecule has 0 aliphatic rings. The molecular weight excluding hydrogens is 317 g/mol. The number of halogens is 2. The molecule has 0 aliphatic heterocycles. The van der Waals surface area contributed by atoms with Crippen LogP contribution in [0, 0.1) is 0 Å². The number of hydrogen-bond acceptors (Lipinski definition) is 4. The van der Waals surface area contributed by atoms with E-state index in [1.165, 1.54) is 0 Å². The van der Waals surface area contributed by atoms with Crippen molar-refractivity contribution in [3.63, 3.8) is 0 Å². The van der Waals surface area contributed by atoms with Gasteiger partial charge in [-0.15, -0.1) is 10.2 Å². The molecular formula is C13H15Cl2N3OS. The molecule has 4 nitrogen and oxygen atoms in total. The van der Waals surface area contributed by atoms with Crippen molar-refractivity contribution in [2.24, 2.45) is 0 Å². The number of aromatic nitrogens is 3. The molecule has 0 radical (unpaired) electrons. The van der Waals surface area contributed by atoms with Gasteiger partial charge in [-0.25, -0.2) is 0 Å². The summed E-state index contributed by atoms with van der Waals surface area (Å²) in [7, 11) is 0. The SMILES string of the molecule is CC(C)n1cnnc1SCCOc1c(Cl)cccc1Cl. The maximum atomic E-state index is 6.03. The summed E-state index contributed by atoms with van der Waals surface area (Å²) in [6, 6.07) is 5.64. The molecule has 0 spiro atoms. The molecule has 0 atom stereocenters. The number of para-hydroxylation sites is 1. The molecule has 0 N–H and O–H groups in total. The van der Waals surface area contributed by atoms with E-state index in [4.69, 9.17) is 27.9 Å². The van der Waals surface area contributed by atoms with E-state index in [2.05, 4.69) is 24.0 Å². The van der Waals surface area contributed by atoms with Crippen molar-refractivity contribution in [2.45, 2.75) is 25.0 Å². The molecule has 0 fully saturated rings. The summed E-state index contributed by atoms with van der Waals surface area (Å²) < 4.78 is 7.65. The molecule has 108 valence electrons. The molecule has 20 heavy (non-hydrogen) atoms. The van der Waals surface area contributed by atoms with Gasteiger partial charge in [-0.3, -0.25) is 0 Å². The van der Waals surface area contributed by atoms with Gasteiger partial charge >= 0.3 is 0 Å². The highest BCUT2D eigenvalue weighted by molar-refractivity contribution is 7.99. The third-order valence-corrected chi connectivity index (χ3v) is 4.09. The molecule has 2 rings (SSSR count). The van der Waals surface area contributed by atoms with E-state index in [1.807, 2.05) is 4.57 Å². The Balaban J connectivity index is 1.86. The van der Waals surface area contributed by atoms with Crippen LogP contribution < -0.4 is 4.74 Å². The Morgan fingerprint density at radius 1 is 1.30 bits per heavy atom. The van der Waals surface area contributed by atoms with Crippen molar-refractivity contribution >= 4 is 35.0 Å². The van der Waals surface area contributed by atoms with Crippen LogP contribution in [0.25, 0.3) is 0 Å². The molecule has 0 unspecified atom stereocenters. The van der Waals surface area contributed by atoms with Crippen LogP contribution in [0.4, 0.5) is 0 Å². The molecule has 0 saturated heterocycles. The molecule has 0 amide bonds. The summed E-state index contributed by atoms with van der Waals surface area (Å²) in [5, 5.41) is 9.93. The lowest BCUT2D eigenvalue weighted by Crippen LogP contribution is -2.05. The van der Waals surface area contributed by atoms with Crippen molar-refractivity contribution in [2.75, 3.05) is 12.4 Å². The molecule has 1 aromatic heterocycles. The van der Waals surface area contributed by atoms with Gasteiger partial charge in [-0.2, -0.15) is 0 Å². The summed E-state index contributed by atoms with van der Waals surface area (Å²) in [5.74, 6) is 1.27. The number of nitrogens with zero attached hydrogens (tertiary/aromatic N) is 3. The lowest BCUT2D eigenvalue weighted by atomic mass is 10.3. The summed E-state index contributed by atoms with van der Waals surface area (Å²) >= 11 is 13.7. The zero-order chi connectivity index (χ0) is 14.5. The van der Waals surface area contributed by atoms with Crippen LogP contribution in [0.1, 0.15) is 19.9 Å². The molecule has 7 heteroatoms. The van der Waals surface area contributed by atoms with E-state index in [-0.39, 0.29) is 0 Å². The first-order valence-corrected chi connectivity index (χ1v) is 7.93. The summed E-state index contributed by atoms with van der Waals surface area (Å²) in [4.78, 5) is 0. The molecule has 2 aromatic rings. The van der Waals surface area contributed by atoms with Crippen LogP contribution in [0.3, 0.4) is 0 Å². The summed E-state index contributed by atoms with van der Waals surface area (Å²) in [5.41, 5.74) is 0. The third kappa shape index (κ3) is 3.81. The standard InChI is InChI=1S/C13H15Cl2N3OS/c1-9(2)18-8-16-17-13(18)20-7-6-19-12-10(14)4-3-5-11(12)15/h3-5,8-9H,6-7H2,1-2H3. The Bertz CT molecular complexity index is 554. The predicted octanol–water partition coefficient (Wildman–Crippen LogP) is 4.34. The van der Waals surface area contributed by atoms with E-state index in [0.717, 1.165) is 10.9 Å². The Morgan fingerprint density at radius 3 is 2.65 bits per heavy atom. The van der Waals surface area contributed by atoms with Crippen LogP contribution >= 0.6 is 35.0 Å². The van der Waals surface area contributed by atoms with Gasteiger partial charge in [0.25, 0.3) is 0 Å². The highest BCUT2D eigenvalue weighted by Crippen LogP contribution is 2.32. The first-order chi connectivity index (χ1) is 9.59. The minimum Gasteiger partial charge on any atom is -0.490 e. The third-order valence-electron chi connectivity index (χ3n) is 2.58. The second kappa shape index (κ2) is 7.20. The van der Waals surface area contributed by atoms with Gasteiger partial charge in [0.05, 0.1) is 16.7 Å². The smallest absolute Gasteiger partial charge is 0.191 e. The quantitative estimate of drug-likeness (QED) is 0.583. The Hall–Kier alpha value is -0.910. The number of rotatable bonds is 6. The van der Waals surface area contributed by atoms with Crippen LogP contribution in [0.2, 0.25) is 10.0 Å². The summed E-state index contributed by atoms with van der Waals surface area (Å²) in [6.07, 6.45) is 1.73. The molecule has 1 heterocycles. The van der Waals surface area contributed by atoms with Gasteiger partial charge in [0.15, 0.2) is 10.9 Å². The largest absolute Gasteiger partial charge is 0.490 e. The van der Waals surface area contributed by atoms with Crippen LogP contribution in [-0.4, -0.2) is 27.1 Å². The van der Waals surface area contributed by atoms with Crippen LogP contribution in [-0.2, 0) is 0 Å². The fourth-order valence-electron chi connectivity index (χ4n) is 1.59. The number of hydrogen-bond donors (Lipinski definition) is 0. The normalized spacial score (nSPS) is 11.1. The van der Waals surface area contributed by atoms with Gasteiger partial charge in [-0.1, -0.05) is 41.0 Å². The maximum absolute atomic E-state index is 6.03. The fourth-order valence-corrected chi connectivity index (χ4v) is 2.95. The van der Waals surface area contributed by atoms with Crippen molar-refractivity contribution in [3.05, 3.63) is 34.6 Å². The van der Waals surface area contributed by atoms with E-state index in [9.17, 15) is 0 Å². The van der Waals surface area contributed by atoms with Crippen molar-refractivity contribution in [3.8, 4) is 5.75 Å². The number of benzene rings is 1. The Labute approximate surface area is 132 Å². The van der Waals surface area contributed by atoms with Gasteiger partial charge in [0, 0.05) is 11.8 Å². The van der Waals surface area contributed by atoms with Gasteiger partial charge in [0.1, 0.15) is 6.33 Å². The molecule has 0 saturated carbocycles. The van der Waals surface area contributed by atoms with Crippen molar-refractivity contribution in [1.29, 1.82) is 0 Å². The second-order valence-electron chi connectivity index (χ2n) is 4.36. The summed E-state index contributed by atoms with van der Waals surface area (Å²) in [6.45, 7) is 4.68. The van der Waals surface area contributed by atoms with Crippen LogP contribution in [0.15, 0.2) is 29.7 Å². The Morgan fingerprint density at radius 2 is 2.00 bits per heavy atom. The van der Waals surface area contributed by atoms with Crippen molar-refractivity contribution < 1.29 is 4.74 Å². The van der Waals surface area contributed by atoms with E-state index in [1.54, 1.807) is 36.3 Å². The van der Waals surface area contributed by atoms with E-state index in [0.29, 0.717) is 28.4 Å². The minimum atomic E-state index is 0.339. The Kier molecular flexibility index (Phi) is 5.57. The lowest BCUT2D eigenvalue weighted by Gasteiger charge is -2.11. The lowest BCUT2D eigenvalue weighted by molar-refractivity contribution is 0.344. The predicted molar refractivity (Wildman–Crippen MR) is 83.1 cm³/mol. The molecule has 1 aromatic carbocycles. The zero-order valence-corrected chi connectivity index (χ0v) is 13.5.